The van der Waals surface area contributed by atoms with Crippen molar-refractivity contribution in [2.45, 2.75) is 38.8 Å². The maximum atomic E-state index is 13.4. The third kappa shape index (κ3) is 5.37. The van der Waals surface area contributed by atoms with E-state index in [1.807, 2.05) is 18.2 Å². The number of benzene rings is 2. The van der Waals surface area contributed by atoms with Crippen LogP contribution in [0.1, 0.15) is 30.9 Å². The minimum Gasteiger partial charge on any atom is -0.493 e. The van der Waals surface area contributed by atoms with E-state index in [1.165, 1.54) is 6.07 Å². The van der Waals surface area contributed by atoms with Gasteiger partial charge in [-0.2, -0.15) is 0 Å². The topological polar surface area (TPSA) is 50.8 Å². The predicted molar refractivity (Wildman–Crippen MR) is 106 cm³/mol. The lowest BCUT2D eigenvalue weighted by atomic mass is 10.1. The molecule has 0 spiro atoms. The van der Waals surface area contributed by atoms with Crippen molar-refractivity contribution in [2.24, 2.45) is 0 Å². The number of unbranched alkanes of at least 4 members (excludes halogenated alkanes) is 1. The zero-order valence-corrected chi connectivity index (χ0v) is 16.7. The van der Waals surface area contributed by atoms with E-state index >= 15 is 0 Å². The van der Waals surface area contributed by atoms with Gasteiger partial charge in [-0.15, -0.1) is 0 Å². The number of nitrogens with one attached hydrogen (secondary N) is 1. The highest BCUT2D eigenvalue weighted by molar-refractivity contribution is 5.77. The van der Waals surface area contributed by atoms with Crippen molar-refractivity contribution in [1.29, 1.82) is 0 Å². The second kappa shape index (κ2) is 9.58. The van der Waals surface area contributed by atoms with Gasteiger partial charge in [0.25, 0.3) is 0 Å². The number of ether oxygens (including phenoxy) is 2. The predicted octanol–water partition coefficient (Wildman–Crippen LogP) is 4.29. The standard InChI is InChI=1S/C22H26F2N2O3/c1-3-4-9-29-21-12-15(6-8-20(21)28-2)10-17-14-26(22(27)25-17)13-16-5-7-18(23)19(24)11-16/h5-8,11-12,17H,3-4,9-10,13-14H2,1-2H3,(H,25,27). The molecule has 1 N–H and O–H groups in total. The maximum Gasteiger partial charge on any atom is 0.318 e. The number of halogens is 2. The van der Waals surface area contributed by atoms with Crippen molar-refractivity contribution < 1.29 is 23.0 Å². The number of amides is 2. The minimum absolute atomic E-state index is 0.0790. The Labute approximate surface area is 169 Å². The van der Waals surface area contributed by atoms with Gasteiger partial charge < -0.3 is 19.7 Å². The number of carbonyl (C=O) groups is 1. The Kier molecular flexibility index (Phi) is 6.90. The van der Waals surface area contributed by atoms with Crippen LogP contribution >= 0.6 is 0 Å². The molecule has 2 amide bonds. The van der Waals surface area contributed by atoms with Gasteiger partial charge in [-0.05, 0) is 48.2 Å². The monoisotopic (exact) mass is 404 g/mol. The molecule has 1 saturated heterocycles. The largest absolute Gasteiger partial charge is 0.493 e. The summed E-state index contributed by atoms with van der Waals surface area (Å²) >= 11 is 0. The van der Waals surface area contributed by atoms with E-state index in [-0.39, 0.29) is 18.6 Å². The zero-order chi connectivity index (χ0) is 20.8. The fourth-order valence-electron chi connectivity index (χ4n) is 3.34. The van der Waals surface area contributed by atoms with E-state index in [0.717, 1.165) is 30.5 Å². The van der Waals surface area contributed by atoms with Crippen LogP contribution < -0.4 is 14.8 Å². The number of hydrogen-bond acceptors (Lipinski definition) is 3. The summed E-state index contributed by atoms with van der Waals surface area (Å²) in [6, 6.07) is 9.16. The molecule has 0 aromatic heterocycles. The van der Waals surface area contributed by atoms with E-state index in [0.29, 0.717) is 36.6 Å². The van der Waals surface area contributed by atoms with Crippen LogP contribution in [0, 0.1) is 11.6 Å². The Morgan fingerprint density at radius 1 is 1.10 bits per heavy atom. The maximum absolute atomic E-state index is 13.4. The SMILES string of the molecule is CCCCOc1cc(CC2CN(Cc3ccc(F)c(F)c3)C(=O)N2)ccc1OC. The van der Waals surface area contributed by atoms with Gasteiger partial charge in [-0.25, -0.2) is 13.6 Å². The number of urea groups is 1. The lowest BCUT2D eigenvalue weighted by Crippen LogP contribution is -2.29. The number of carbonyl (C=O) groups excluding carboxylic acids is 1. The minimum atomic E-state index is -0.910. The number of hydrogen-bond donors (Lipinski definition) is 1. The van der Waals surface area contributed by atoms with Gasteiger partial charge >= 0.3 is 6.03 Å². The molecule has 1 fully saturated rings. The molecule has 0 saturated carbocycles. The van der Waals surface area contributed by atoms with Gasteiger partial charge in [-0.3, -0.25) is 0 Å². The Morgan fingerprint density at radius 2 is 1.90 bits per heavy atom. The molecule has 2 aromatic carbocycles. The van der Waals surface area contributed by atoms with Crippen molar-refractivity contribution in [3.05, 3.63) is 59.2 Å². The number of methoxy groups -OCH3 is 1. The molecular weight excluding hydrogens is 378 g/mol. The van der Waals surface area contributed by atoms with Gasteiger partial charge in [0.1, 0.15) is 0 Å². The second-order valence-electron chi connectivity index (χ2n) is 7.17. The summed E-state index contributed by atoms with van der Waals surface area (Å²) in [5.41, 5.74) is 1.58. The fraction of sp³-hybridized carbons (Fsp3) is 0.409. The van der Waals surface area contributed by atoms with Gasteiger partial charge in [0.15, 0.2) is 23.1 Å². The molecule has 1 aliphatic rings. The summed E-state index contributed by atoms with van der Waals surface area (Å²) < 4.78 is 37.7. The fourth-order valence-corrected chi connectivity index (χ4v) is 3.34. The first-order chi connectivity index (χ1) is 14.0. The molecule has 156 valence electrons. The molecule has 5 nitrogen and oxygen atoms in total. The normalized spacial score (nSPS) is 16.1. The lowest BCUT2D eigenvalue weighted by Gasteiger charge is -2.16. The van der Waals surface area contributed by atoms with Gasteiger partial charge in [-0.1, -0.05) is 25.5 Å². The highest BCUT2D eigenvalue weighted by Crippen LogP contribution is 2.29. The number of nitrogens with zero attached hydrogens (tertiary/aromatic N) is 1. The Balaban J connectivity index is 1.62. The third-order valence-corrected chi connectivity index (χ3v) is 4.88. The molecule has 2 aromatic rings. The Hall–Kier alpha value is -2.83. The van der Waals surface area contributed by atoms with Crippen LogP contribution in [-0.2, 0) is 13.0 Å². The van der Waals surface area contributed by atoms with Crippen LogP contribution in [0.15, 0.2) is 36.4 Å². The first-order valence-corrected chi connectivity index (χ1v) is 9.79. The molecule has 1 heterocycles. The summed E-state index contributed by atoms with van der Waals surface area (Å²) in [4.78, 5) is 13.9. The summed E-state index contributed by atoms with van der Waals surface area (Å²) in [7, 11) is 1.61. The van der Waals surface area contributed by atoms with E-state index in [2.05, 4.69) is 12.2 Å². The smallest absolute Gasteiger partial charge is 0.318 e. The van der Waals surface area contributed by atoms with Gasteiger partial charge in [0.05, 0.1) is 19.8 Å². The summed E-state index contributed by atoms with van der Waals surface area (Å²) in [6.45, 7) is 3.44. The highest BCUT2D eigenvalue weighted by Gasteiger charge is 2.29. The molecule has 29 heavy (non-hydrogen) atoms. The molecule has 1 unspecified atom stereocenters. The van der Waals surface area contributed by atoms with Crippen molar-refractivity contribution >= 4 is 6.03 Å². The average Bonchev–Trinajstić information content (AvgIpc) is 3.04. The van der Waals surface area contributed by atoms with Crippen molar-refractivity contribution in [3.63, 3.8) is 0 Å². The molecule has 1 aliphatic heterocycles. The Morgan fingerprint density at radius 3 is 2.62 bits per heavy atom. The molecule has 0 aliphatic carbocycles. The highest BCUT2D eigenvalue weighted by atomic mass is 19.2. The quantitative estimate of drug-likeness (QED) is 0.635. The van der Waals surface area contributed by atoms with Crippen LogP contribution in [-0.4, -0.2) is 37.2 Å². The van der Waals surface area contributed by atoms with E-state index in [4.69, 9.17) is 9.47 Å². The second-order valence-corrected chi connectivity index (χ2v) is 7.17. The first-order valence-electron chi connectivity index (χ1n) is 9.79. The average molecular weight is 404 g/mol. The van der Waals surface area contributed by atoms with Crippen LogP contribution in [0.4, 0.5) is 13.6 Å². The van der Waals surface area contributed by atoms with Crippen LogP contribution in [0.5, 0.6) is 11.5 Å². The van der Waals surface area contributed by atoms with Crippen LogP contribution in [0.25, 0.3) is 0 Å². The molecule has 0 bridgehead atoms. The van der Waals surface area contributed by atoms with Crippen molar-refractivity contribution in [3.8, 4) is 11.5 Å². The van der Waals surface area contributed by atoms with Gasteiger partial charge in [0, 0.05) is 13.1 Å². The summed E-state index contributed by atoms with van der Waals surface area (Å²) in [5.74, 6) is -0.428. The van der Waals surface area contributed by atoms with E-state index < -0.39 is 11.6 Å². The molecule has 0 radical (unpaired) electrons. The number of rotatable bonds is 9. The third-order valence-electron chi connectivity index (χ3n) is 4.88. The Bertz CT molecular complexity index is 860. The molecule has 3 rings (SSSR count). The van der Waals surface area contributed by atoms with Gasteiger partial charge in [0.2, 0.25) is 0 Å². The van der Waals surface area contributed by atoms with E-state index in [1.54, 1.807) is 12.0 Å². The first kappa shape index (κ1) is 20.9. The zero-order valence-electron chi connectivity index (χ0n) is 16.7. The van der Waals surface area contributed by atoms with E-state index in [9.17, 15) is 13.6 Å². The van der Waals surface area contributed by atoms with Crippen LogP contribution in [0.3, 0.4) is 0 Å². The summed E-state index contributed by atoms with van der Waals surface area (Å²) in [6.07, 6.45) is 2.64. The van der Waals surface area contributed by atoms with Crippen molar-refractivity contribution in [2.75, 3.05) is 20.3 Å². The summed E-state index contributed by atoms with van der Waals surface area (Å²) in [5, 5.41) is 2.95. The molecule has 7 heteroatoms. The molecule has 1 atom stereocenters. The van der Waals surface area contributed by atoms with Crippen molar-refractivity contribution in [1.82, 2.24) is 10.2 Å². The van der Waals surface area contributed by atoms with Crippen LogP contribution in [0.2, 0.25) is 0 Å². The lowest BCUT2D eigenvalue weighted by molar-refractivity contribution is 0.215. The molecular formula is C22H26F2N2O3.